The van der Waals surface area contributed by atoms with E-state index in [0.29, 0.717) is 28.7 Å². The van der Waals surface area contributed by atoms with E-state index in [4.69, 9.17) is 11.6 Å². The summed E-state index contributed by atoms with van der Waals surface area (Å²) in [6.45, 7) is 6.83. The van der Waals surface area contributed by atoms with Gasteiger partial charge in [0, 0.05) is 25.0 Å². The number of nitrogens with zero attached hydrogens (tertiary/aromatic N) is 4. The number of halogens is 1. The molecule has 4 rings (SSSR count). The van der Waals surface area contributed by atoms with Gasteiger partial charge in [0.2, 0.25) is 5.91 Å². The van der Waals surface area contributed by atoms with Gasteiger partial charge in [-0.3, -0.25) is 19.3 Å². The summed E-state index contributed by atoms with van der Waals surface area (Å²) in [6, 6.07) is 3.85. The number of nitrogens with one attached hydrogen (secondary N) is 2. The minimum Gasteiger partial charge on any atom is -0.353 e. The summed E-state index contributed by atoms with van der Waals surface area (Å²) < 4.78 is 1.94. The second-order valence-electron chi connectivity index (χ2n) is 7.51. The first kappa shape index (κ1) is 22.0. The predicted molar refractivity (Wildman–Crippen MR) is 127 cm³/mol. The van der Waals surface area contributed by atoms with Crippen LogP contribution in [-0.4, -0.2) is 44.6 Å². The number of rotatable bonds is 6. The van der Waals surface area contributed by atoms with Crippen LogP contribution < -0.4 is 10.6 Å². The second-order valence-corrected chi connectivity index (χ2v) is 8.80. The van der Waals surface area contributed by atoms with Crippen molar-refractivity contribution in [1.82, 2.24) is 19.7 Å². The number of hydrogen-bond acceptors (Lipinski definition) is 6. The molecule has 0 aliphatic carbocycles. The number of hydrogen-bond donors (Lipinski definition) is 2. The smallest absolute Gasteiger partial charge is 0.267 e. The zero-order valence-electron chi connectivity index (χ0n) is 17.5. The number of carbonyl (C=O) groups is 2. The van der Waals surface area contributed by atoms with Gasteiger partial charge in [-0.05, 0) is 43.5 Å². The van der Waals surface area contributed by atoms with E-state index in [1.54, 1.807) is 17.8 Å². The standard InChI is InChI=1S/C22H23ClN6O2S/c1-3-20(30)28-8-6-16(7-9-28)29-12-15(10-25-29)26-18-5-4-17(23)21(14(18)2)27-22(31)19-11-24-13-32-19/h3-5,10-13,16,26H,1,6-9H2,2H3,(H,27,31). The minimum atomic E-state index is -0.247. The van der Waals surface area contributed by atoms with Gasteiger partial charge < -0.3 is 15.5 Å². The van der Waals surface area contributed by atoms with Crippen LogP contribution in [0.3, 0.4) is 0 Å². The van der Waals surface area contributed by atoms with Crippen LogP contribution in [0.2, 0.25) is 5.02 Å². The Hall–Kier alpha value is -3.17. The number of carbonyl (C=O) groups excluding carboxylic acids is 2. The molecule has 2 amide bonds. The molecule has 0 spiro atoms. The van der Waals surface area contributed by atoms with E-state index in [9.17, 15) is 9.59 Å². The number of benzene rings is 1. The predicted octanol–water partition coefficient (Wildman–Crippen LogP) is 4.65. The summed E-state index contributed by atoms with van der Waals surface area (Å²) >= 11 is 7.62. The lowest BCUT2D eigenvalue weighted by molar-refractivity contribution is -0.127. The average molecular weight is 471 g/mol. The highest BCUT2D eigenvalue weighted by atomic mass is 35.5. The summed E-state index contributed by atoms with van der Waals surface area (Å²) in [6.07, 6.45) is 8.29. The molecule has 32 heavy (non-hydrogen) atoms. The molecule has 0 bridgehead atoms. The van der Waals surface area contributed by atoms with E-state index in [1.807, 2.05) is 28.8 Å². The number of thiazole rings is 1. The van der Waals surface area contributed by atoms with Gasteiger partial charge in [0.1, 0.15) is 4.88 Å². The first-order valence-corrected chi connectivity index (χ1v) is 11.4. The van der Waals surface area contributed by atoms with Crippen molar-refractivity contribution in [2.75, 3.05) is 23.7 Å². The molecule has 1 saturated heterocycles. The Morgan fingerprint density at radius 2 is 2.06 bits per heavy atom. The van der Waals surface area contributed by atoms with Gasteiger partial charge >= 0.3 is 0 Å². The molecule has 2 aromatic heterocycles. The van der Waals surface area contributed by atoms with Crippen LogP contribution in [0.15, 0.2) is 48.9 Å². The maximum absolute atomic E-state index is 12.4. The topological polar surface area (TPSA) is 92.2 Å². The van der Waals surface area contributed by atoms with Gasteiger partial charge in [-0.25, -0.2) is 0 Å². The molecule has 0 atom stereocenters. The van der Waals surface area contributed by atoms with E-state index < -0.39 is 0 Å². The molecule has 166 valence electrons. The van der Waals surface area contributed by atoms with Gasteiger partial charge in [0.05, 0.1) is 40.3 Å². The van der Waals surface area contributed by atoms with E-state index in [2.05, 4.69) is 27.3 Å². The Kier molecular flexibility index (Phi) is 6.57. The molecular formula is C22H23ClN6O2S. The number of aromatic nitrogens is 3. The van der Waals surface area contributed by atoms with Crippen LogP contribution in [0.5, 0.6) is 0 Å². The lowest BCUT2D eigenvalue weighted by atomic mass is 10.1. The normalized spacial score (nSPS) is 14.2. The lowest BCUT2D eigenvalue weighted by Crippen LogP contribution is -2.38. The number of amides is 2. The van der Waals surface area contributed by atoms with E-state index in [-0.39, 0.29) is 17.9 Å². The summed E-state index contributed by atoms with van der Waals surface area (Å²) in [5.74, 6) is -0.272. The number of likely N-dealkylation sites (tertiary alicyclic amines) is 1. The highest BCUT2D eigenvalue weighted by molar-refractivity contribution is 7.11. The minimum absolute atomic E-state index is 0.0253. The lowest BCUT2D eigenvalue weighted by Gasteiger charge is -2.31. The monoisotopic (exact) mass is 470 g/mol. The van der Waals surface area contributed by atoms with Gasteiger partial charge in [-0.2, -0.15) is 5.10 Å². The highest BCUT2D eigenvalue weighted by Crippen LogP contribution is 2.34. The van der Waals surface area contributed by atoms with Crippen LogP contribution in [0.1, 0.15) is 34.1 Å². The van der Waals surface area contributed by atoms with Crippen molar-refractivity contribution in [1.29, 1.82) is 0 Å². The summed E-state index contributed by atoms with van der Waals surface area (Å²) in [7, 11) is 0. The molecule has 3 aromatic rings. The van der Waals surface area contributed by atoms with Crippen molar-refractivity contribution in [3.63, 3.8) is 0 Å². The van der Waals surface area contributed by atoms with E-state index in [0.717, 1.165) is 29.8 Å². The first-order chi connectivity index (χ1) is 15.5. The third kappa shape index (κ3) is 4.68. The quantitative estimate of drug-likeness (QED) is 0.512. The second kappa shape index (κ2) is 9.54. The molecule has 8 nitrogen and oxygen atoms in total. The largest absolute Gasteiger partial charge is 0.353 e. The van der Waals surface area contributed by atoms with Crippen molar-refractivity contribution in [3.05, 3.63) is 64.4 Å². The van der Waals surface area contributed by atoms with Crippen molar-refractivity contribution in [2.24, 2.45) is 0 Å². The maximum atomic E-state index is 12.4. The van der Waals surface area contributed by atoms with Crippen LogP contribution in [0, 0.1) is 6.92 Å². The molecule has 2 N–H and O–H groups in total. The molecular weight excluding hydrogens is 448 g/mol. The third-order valence-corrected chi connectivity index (χ3v) is 6.60. The van der Waals surface area contributed by atoms with Crippen LogP contribution in [0.25, 0.3) is 0 Å². The Morgan fingerprint density at radius 3 is 2.75 bits per heavy atom. The number of piperidine rings is 1. The van der Waals surface area contributed by atoms with Crippen molar-refractivity contribution in [3.8, 4) is 0 Å². The van der Waals surface area contributed by atoms with Crippen LogP contribution >= 0.6 is 22.9 Å². The van der Waals surface area contributed by atoms with Gasteiger partial charge in [-0.15, -0.1) is 11.3 Å². The molecule has 3 heterocycles. The maximum Gasteiger partial charge on any atom is 0.267 e. The Morgan fingerprint density at radius 1 is 1.28 bits per heavy atom. The summed E-state index contributed by atoms with van der Waals surface area (Å²) in [5.41, 5.74) is 4.64. The zero-order valence-corrected chi connectivity index (χ0v) is 19.1. The first-order valence-electron chi connectivity index (χ1n) is 10.2. The van der Waals surface area contributed by atoms with Gasteiger partial charge in [0.25, 0.3) is 5.91 Å². The van der Waals surface area contributed by atoms with Crippen molar-refractivity contribution in [2.45, 2.75) is 25.8 Å². The van der Waals surface area contributed by atoms with Crippen molar-refractivity contribution >= 4 is 51.8 Å². The average Bonchev–Trinajstić information content (AvgIpc) is 3.50. The molecule has 1 aliphatic heterocycles. The fourth-order valence-corrected chi connectivity index (χ4v) is 4.48. The number of anilines is 3. The molecule has 1 fully saturated rings. The van der Waals surface area contributed by atoms with Crippen LogP contribution in [0.4, 0.5) is 17.1 Å². The molecule has 0 saturated carbocycles. The highest BCUT2D eigenvalue weighted by Gasteiger charge is 2.23. The fraction of sp³-hybridized carbons (Fsp3) is 0.273. The summed E-state index contributed by atoms with van der Waals surface area (Å²) in [4.78, 5) is 30.5. The van der Waals surface area contributed by atoms with E-state index in [1.165, 1.54) is 23.6 Å². The third-order valence-electron chi connectivity index (χ3n) is 5.51. The summed E-state index contributed by atoms with van der Waals surface area (Å²) in [5, 5.41) is 11.2. The van der Waals surface area contributed by atoms with E-state index >= 15 is 0 Å². The molecule has 1 aliphatic rings. The van der Waals surface area contributed by atoms with Crippen LogP contribution in [-0.2, 0) is 4.79 Å². The molecule has 1 aromatic carbocycles. The van der Waals surface area contributed by atoms with Gasteiger partial charge in [-0.1, -0.05) is 18.2 Å². The van der Waals surface area contributed by atoms with Crippen molar-refractivity contribution < 1.29 is 9.59 Å². The SMILES string of the molecule is C=CC(=O)N1CCC(n2cc(Nc3ccc(Cl)c(NC(=O)c4cncs4)c3C)cn2)CC1. The fourth-order valence-electron chi connectivity index (χ4n) is 3.71. The zero-order chi connectivity index (χ0) is 22.7. The Bertz CT molecular complexity index is 1140. The Balaban J connectivity index is 1.45. The van der Waals surface area contributed by atoms with Gasteiger partial charge in [0.15, 0.2) is 0 Å². The molecule has 10 heteroatoms. The molecule has 0 unspecified atom stereocenters. The Labute approximate surface area is 194 Å². The molecule has 0 radical (unpaired) electrons.